The molecule has 0 aromatic heterocycles. The molecule has 2 atom stereocenters. The van der Waals surface area contributed by atoms with E-state index in [1.54, 1.807) is 0 Å². The molecule has 1 unspecified atom stereocenters. The summed E-state index contributed by atoms with van der Waals surface area (Å²) in [5.41, 5.74) is 0. The number of rotatable bonds is 1. The van der Waals surface area contributed by atoms with Gasteiger partial charge in [0, 0.05) is 6.42 Å². The highest BCUT2D eigenvalue weighted by Crippen LogP contribution is 2.17. The number of nitrogens with one attached hydrogen (secondary N) is 1. The molecule has 12 heavy (non-hydrogen) atoms. The fourth-order valence-electron chi connectivity index (χ4n) is 1.15. The minimum atomic E-state index is -2.53. The van der Waals surface area contributed by atoms with Crippen molar-refractivity contribution < 1.29 is 8.76 Å². The van der Waals surface area contributed by atoms with E-state index in [1.165, 1.54) is 11.8 Å². The molecule has 0 amide bonds. The van der Waals surface area contributed by atoms with Crippen LogP contribution >= 0.6 is 24.0 Å². The fraction of sp³-hybridized carbons (Fsp3) is 0.833. The molecule has 2 N–H and O–H groups in total. The zero-order valence-electron chi connectivity index (χ0n) is 6.78. The summed E-state index contributed by atoms with van der Waals surface area (Å²) < 4.78 is 21.0. The van der Waals surface area contributed by atoms with E-state index in [0.29, 0.717) is 15.8 Å². The predicted molar refractivity (Wildman–Crippen MR) is 58.1 cm³/mol. The van der Waals surface area contributed by atoms with Gasteiger partial charge in [-0.1, -0.05) is 16.4 Å². The van der Waals surface area contributed by atoms with Crippen LogP contribution in [0.4, 0.5) is 0 Å². The summed E-state index contributed by atoms with van der Waals surface area (Å²) in [6.07, 6.45) is 2.64. The zero-order valence-corrected chi connectivity index (χ0v) is 9.23. The van der Waals surface area contributed by atoms with Crippen molar-refractivity contribution in [1.29, 1.82) is 0 Å². The summed E-state index contributed by atoms with van der Waals surface area (Å²) in [5, 5.41) is 3.04. The maximum absolute atomic E-state index is 11.1. The van der Waals surface area contributed by atoms with Crippen molar-refractivity contribution in [3.05, 3.63) is 0 Å². The van der Waals surface area contributed by atoms with Gasteiger partial charge in [0.15, 0.2) is 5.75 Å². The van der Waals surface area contributed by atoms with Gasteiger partial charge in [0.1, 0.15) is 10.1 Å². The quantitative estimate of drug-likeness (QED) is 0.515. The highest BCUT2D eigenvalue weighted by molar-refractivity contribution is 8.22. The maximum atomic E-state index is 11.1. The molecule has 0 radical (unpaired) electrons. The Morgan fingerprint density at radius 1 is 1.83 bits per heavy atom. The molecule has 0 aromatic rings. The van der Waals surface area contributed by atoms with E-state index >= 15 is 0 Å². The lowest BCUT2D eigenvalue weighted by atomic mass is 10.3. The van der Waals surface area contributed by atoms with Gasteiger partial charge in [0.05, 0.1) is 6.04 Å². The van der Waals surface area contributed by atoms with Gasteiger partial charge in [-0.25, -0.2) is 0 Å². The Bertz CT molecular complexity index is 231. The zero-order chi connectivity index (χ0) is 9.19. The van der Waals surface area contributed by atoms with Crippen molar-refractivity contribution in [2.75, 3.05) is 17.8 Å². The molecular weight excluding hydrogens is 214 g/mol. The molecule has 1 heterocycles. The van der Waals surface area contributed by atoms with Crippen molar-refractivity contribution in [2.24, 2.45) is 0 Å². The first kappa shape index (κ1) is 10.4. The standard InChI is InChI=1S/C6H11NO2S3/c1-11-6(10)7-5-2-3-12(8,9)4-5/h5H,2-4H2,1H3,(H-,7,8,9,10)/p+1/t5-/m0/s1. The van der Waals surface area contributed by atoms with Crippen LogP contribution in [-0.2, 0) is 14.4 Å². The molecule has 70 valence electrons. The van der Waals surface area contributed by atoms with Crippen molar-refractivity contribution in [3.63, 3.8) is 0 Å². The van der Waals surface area contributed by atoms with Crippen molar-refractivity contribution in [1.82, 2.24) is 5.32 Å². The topological polar surface area (TPSA) is 49.3 Å². The average molecular weight is 226 g/mol. The molecule has 1 saturated heterocycles. The lowest BCUT2D eigenvalue weighted by Crippen LogP contribution is -2.33. The first-order valence-electron chi connectivity index (χ1n) is 3.60. The number of thioether (sulfide) groups is 1. The lowest BCUT2D eigenvalue weighted by Gasteiger charge is -2.08. The molecule has 1 fully saturated rings. The van der Waals surface area contributed by atoms with Crippen LogP contribution in [0.5, 0.6) is 0 Å². The minimum absolute atomic E-state index is 0.0995. The van der Waals surface area contributed by atoms with E-state index in [2.05, 4.69) is 5.32 Å². The Balaban J connectivity index is 2.38. The summed E-state index contributed by atoms with van der Waals surface area (Å²) in [5.74, 6) is 0.745. The van der Waals surface area contributed by atoms with E-state index in [-0.39, 0.29) is 6.04 Å². The van der Waals surface area contributed by atoms with Crippen molar-refractivity contribution in [2.45, 2.75) is 12.5 Å². The predicted octanol–water partition coefficient (Wildman–Crippen LogP) is 0.969. The molecule has 1 rings (SSSR count). The summed E-state index contributed by atoms with van der Waals surface area (Å²) in [4.78, 5) is 0. The van der Waals surface area contributed by atoms with Gasteiger partial charge in [-0.05, 0) is 6.26 Å². The number of hydrogen-bond acceptors (Lipinski definition) is 3. The molecule has 0 aromatic carbocycles. The van der Waals surface area contributed by atoms with E-state index in [9.17, 15) is 8.76 Å². The van der Waals surface area contributed by atoms with Crippen molar-refractivity contribution >= 4 is 38.5 Å². The molecule has 0 spiro atoms. The average Bonchev–Trinajstić information content (AvgIpc) is 2.30. The van der Waals surface area contributed by atoms with E-state index < -0.39 is 10.2 Å². The molecule has 0 aliphatic carbocycles. The molecule has 6 heteroatoms. The van der Waals surface area contributed by atoms with Crippen LogP contribution in [0.1, 0.15) is 6.42 Å². The van der Waals surface area contributed by atoms with E-state index in [1.807, 2.05) is 6.26 Å². The smallest absolute Gasteiger partial charge is 0.216 e. The Morgan fingerprint density at radius 2 is 2.50 bits per heavy atom. The summed E-state index contributed by atoms with van der Waals surface area (Å²) in [6, 6.07) is 0.0995. The Labute approximate surface area is 82.9 Å². The third kappa shape index (κ3) is 3.01. The van der Waals surface area contributed by atoms with Crippen LogP contribution in [0.2, 0.25) is 0 Å². The second-order valence-corrected chi connectivity index (χ2v) is 6.53. The Hall–Kier alpha value is 0.350. The molecular formula is C6H12NO2S3+. The van der Waals surface area contributed by atoms with Gasteiger partial charge in [-0.2, -0.15) is 4.55 Å². The van der Waals surface area contributed by atoms with Crippen LogP contribution in [-0.4, -0.2) is 32.7 Å². The van der Waals surface area contributed by atoms with Gasteiger partial charge in [0.25, 0.3) is 0 Å². The molecule has 3 nitrogen and oxygen atoms in total. The minimum Gasteiger partial charge on any atom is -0.363 e. The Morgan fingerprint density at radius 3 is 2.92 bits per heavy atom. The van der Waals surface area contributed by atoms with E-state index in [0.717, 1.165) is 6.42 Å². The molecule has 0 bridgehead atoms. The van der Waals surface area contributed by atoms with Gasteiger partial charge in [-0.15, -0.1) is 11.8 Å². The molecule has 1 aliphatic rings. The molecule has 1 aliphatic heterocycles. The summed E-state index contributed by atoms with van der Waals surface area (Å²) >= 11 is 6.40. The van der Waals surface area contributed by atoms with Gasteiger partial charge in [-0.3, -0.25) is 0 Å². The summed E-state index contributed by atoms with van der Waals surface area (Å²) in [6.45, 7) is 0. The summed E-state index contributed by atoms with van der Waals surface area (Å²) in [7, 11) is -2.53. The molecule has 0 saturated carbocycles. The van der Waals surface area contributed by atoms with Crippen LogP contribution in [0.25, 0.3) is 0 Å². The first-order chi connectivity index (χ1) is 5.53. The second-order valence-electron chi connectivity index (χ2n) is 2.76. The number of hydrogen-bond donors (Lipinski definition) is 2. The van der Waals surface area contributed by atoms with Gasteiger partial charge >= 0.3 is 0 Å². The lowest BCUT2D eigenvalue weighted by molar-refractivity contribution is 0.502. The largest absolute Gasteiger partial charge is 0.363 e. The van der Waals surface area contributed by atoms with Crippen molar-refractivity contribution in [3.8, 4) is 0 Å². The first-order valence-corrected chi connectivity index (χ1v) is 7.08. The highest BCUT2D eigenvalue weighted by Gasteiger charge is 2.38. The second kappa shape index (κ2) is 4.04. The van der Waals surface area contributed by atoms with Crippen LogP contribution < -0.4 is 5.32 Å². The third-order valence-electron chi connectivity index (χ3n) is 1.75. The number of thiocarbonyl (C=S) groups is 1. The normalized spacial score (nSPS) is 35.0. The monoisotopic (exact) mass is 226 g/mol. The maximum Gasteiger partial charge on any atom is 0.216 e. The van der Waals surface area contributed by atoms with Crippen LogP contribution in [0.3, 0.4) is 0 Å². The van der Waals surface area contributed by atoms with Crippen LogP contribution in [0.15, 0.2) is 0 Å². The van der Waals surface area contributed by atoms with Crippen LogP contribution in [0, 0.1) is 0 Å². The van der Waals surface area contributed by atoms with Gasteiger partial charge in [0.2, 0.25) is 10.2 Å². The fourth-order valence-corrected chi connectivity index (χ4v) is 3.30. The Kier molecular flexibility index (Phi) is 3.51. The van der Waals surface area contributed by atoms with Gasteiger partial charge < -0.3 is 5.32 Å². The third-order valence-corrected chi connectivity index (χ3v) is 4.66. The SMILES string of the molecule is CSC(=S)N[C@H]1CC[S+](=O)(O)C1. The highest BCUT2D eigenvalue weighted by atomic mass is 32.3. The van der Waals surface area contributed by atoms with E-state index in [4.69, 9.17) is 12.2 Å².